The Hall–Kier alpha value is -2.85. The van der Waals surface area contributed by atoms with Crippen molar-refractivity contribution in [3.8, 4) is 10.4 Å². The van der Waals surface area contributed by atoms with Crippen LogP contribution in [0.15, 0.2) is 52.9 Å². The molecule has 0 atom stereocenters. The first kappa shape index (κ1) is 21.4. The molecule has 0 aliphatic carbocycles. The molecule has 31 heavy (non-hydrogen) atoms. The third kappa shape index (κ3) is 4.45. The molecular formula is C21H16F3N3O2S2. The third-order valence-electron chi connectivity index (χ3n) is 4.72. The number of hydrogen-bond acceptors (Lipinski definition) is 5. The lowest BCUT2D eigenvalue weighted by molar-refractivity contribution is -0.137. The van der Waals surface area contributed by atoms with Gasteiger partial charge in [0.2, 0.25) is 11.8 Å². The number of thioether (sulfide) groups is 1. The van der Waals surface area contributed by atoms with Gasteiger partial charge in [-0.3, -0.25) is 14.5 Å². The SMILES string of the molecule is CSc1nc2c(s1)-c1ccccc1CC(=O)N2CC(=O)Nc1ccc(C(F)(F)F)cc1. The van der Waals surface area contributed by atoms with E-state index in [0.717, 1.165) is 32.5 Å². The smallest absolute Gasteiger partial charge is 0.325 e. The largest absolute Gasteiger partial charge is 0.416 e. The quantitative estimate of drug-likeness (QED) is 0.549. The van der Waals surface area contributed by atoms with E-state index in [2.05, 4.69) is 10.3 Å². The van der Waals surface area contributed by atoms with E-state index in [0.29, 0.717) is 5.82 Å². The van der Waals surface area contributed by atoms with Crippen LogP contribution in [0.3, 0.4) is 0 Å². The second-order valence-corrected chi connectivity index (χ2v) is 8.83. The molecule has 1 aliphatic rings. The van der Waals surface area contributed by atoms with E-state index >= 15 is 0 Å². The summed E-state index contributed by atoms with van der Waals surface area (Å²) in [7, 11) is 0. The van der Waals surface area contributed by atoms with Gasteiger partial charge in [0, 0.05) is 5.69 Å². The van der Waals surface area contributed by atoms with Gasteiger partial charge in [-0.25, -0.2) is 4.98 Å². The fourth-order valence-corrected chi connectivity index (χ4v) is 4.88. The molecule has 4 rings (SSSR count). The van der Waals surface area contributed by atoms with Crippen LogP contribution in [0.25, 0.3) is 10.4 Å². The molecule has 5 nitrogen and oxygen atoms in total. The predicted molar refractivity (Wildman–Crippen MR) is 115 cm³/mol. The lowest BCUT2D eigenvalue weighted by Crippen LogP contribution is -2.38. The van der Waals surface area contributed by atoms with E-state index in [1.165, 1.54) is 40.1 Å². The van der Waals surface area contributed by atoms with Crippen molar-refractivity contribution < 1.29 is 22.8 Å². The zero-order chi connectivity index (χ0) is 22.2. The Morgan fingerprint density at radius 2 is 1.90 bits per heavy atom. The molecule has 2 amide bonds. The maximum Gasteiger partial charge on any atom is 0.416 e. The molecular weight excluding hydrogens is 447 g/mol. The summed E-state index contributed by atoms with van der Waals surface area (Å²) in [4.78, 5) is 32.3. The van der Waals surface area contributed by atoms with Gasteiger partial charge in [-0.15, -0.1) is 11.3 Å². The third-order valence-corrected chi connectivity index (χ3v) is 6.79. The number of carbonyl (C=O) groups excluding carboxylic acids is 2. The van der Waals surface area contributed by atoms with Crippen LogP contribution in [0.4, 0.5) is 24.7 Å². The minimum Gasteiger partial charge on any atom is -0.325 e. The number of thiazole rings is 1. The Bertz CT molecular complexity index is 1140. The molecule has 0 radical (unpaired) electrons. The Morgan fingerprint density at radius 1 is 1.19 bits per heavy atom. The number of hydrogen-bond donors (Lipinski definition) is 1. The van der Waals surface area contributed by atoms with Crippen molar-refractivity contribution in [2.75, 3.05) is 23.0 Å². The van der Waals surface area contributed by atoms with Crippen LogP contribution >= 0.6 is 23.1 Å². The molecule has 1 aromatic heterocycles. The summed E-state index contributed by atoms with van der Waals surface area (Å²) in [5.41, 5.74) is 1.18. The molecule has 10 heteroatoms. The summed E-state index contributed by atoms with van der Waals surface area (Å²) in [6, 6.07) is 11.7. The van der Waals surface area contributed by atoms with Crippen molar-refractivity contribution in [1.29, 1.82) is 0 Å². The fourth-order valence-electron chi connectivity index (χ4n) is 3.26. The Morgan fingerprint density at radius 3 is 2.58 bits per heavy atom. The van der Waals surface area contributed by atoms with Crippen LogP contribution in [0.5, 0.6) is 0 Å². The summed E-state index contributed by atoms with van der Waals surface area (Å²) >= 11 is 2.90. The second-order valence-electron chi connectivity index (χ2n) is 6.77. The lowest BCUT2D eigenvalue weighted by atomic mass is 10.0. The zero-order valence-electron chi connectivity index (χ0n) is 16.2. The molecule has 0 saturated carbocycles. The molecule has 0 spiro atoms. The summed E-state index contributed by atoms with van der Waals surface area (Å²) in [5, 5.41) is 2.55. The van der Waals surface area contributed by atoms with E-state index in [9.17, 15) is 22.8 Å². The summed E-state index contributed by atoms with van der Waals surface area (Å²) in [6.07, 6.45) is -2.44. The number of amides is 2. The van der Waals surface area contributed by atoms with Crippen LogP contribution in [0.2, 0.25) is 0 Å². The molecule has 0 fully saturated rings. The summed E-state index contributed by atoms with van der Waals surface area (Å²) in [6.45, 7) is -0.293. The number of alkyl halides is 3. The number of fused-ring (bicyclic) bond motifs is 3. The Balaban J connectivity index is 1.59. The van der Waals surface area contributed by atoms with E-state index in [4.69, 9.17) is 0 Å². The van der Waals surface area contributed by atoms with Crippen LogP contribution in [0.1, 0.15) is 11.1 Å². The molecule has 1 aliphatic heterocycles. The normalized spacial score (nSPS) is 13.4. The van der Waals surface area contributed by atoms with Gasteiger partial charge in [0.25, 0.3) is 0 Å². The summed E-state index contributed by atoms with van der Waals surface area (Å²) in [5.74, 6) is -0.373. The van der Waals surface area contributed by atoms with Crippen LogP contribution in [-0.4, -0.2) is 29.6 Å². The highest BCUT2D eigenvalue weighted by molar-refractivity contribution is 8.00. The number of nitrogens with one attached hydrogen (secondary N) is 1. The average molecular weight is 464 g/mol. The summed E-state index contributed by atoms with van der Waals surface area (Å²) < 4.78 is 38.9. The monoisotopic (exact) mass is 463 g/mol. The number of halogens is 3. The van der Waals surface area contributed by atoms with Crippen molar-refractivity contribution in [3.05, 3.63) is 59.7 Å². The minimum atomic E-state index is -4.45. The van der Waals surface area contributed by atoms with Gasteiger partial charge in [-0.2, -0.15) is 13.2 Å². The number of rotatable bonds is 4. The number of nitrogens with zero attached hydrogens (tertiary/aromatic N) is 2. The van der Waals surface area contributed by atoms with E-state index in [1.807, 2.05) is 30.5 Å². The van der Waals surface area contributed by atoms with Crippen molar-refractivity contribution in [2.24, 2.45) is 0 Å². The van der Waals surface area contributed by atoms with Gasteiger partial charge >= 0.3 is 6.18 Å². The van der Waals surface area contributed by atoms with Crippen LogP contribution in [-0.2, 0) is 22.2 Å². The second kappa shape index (κ2) is 8.35. The number of aromatic nitrogens is 1. The van der Waals surface area contributed by atoms with Crippen LogP contribution < -0.4 is 10.2 Å². The van der Waals surface area contributed by atoms with Crippen molar-refractivity contribution in [3.63, 3.8) is 0 Å². The van der Waals surface area contributed by atoms with Crippen molar-refractivity contribution in [1.82, 2.24) is 4.98 Å². The van der Waals surface area contributed by atoms with Crippen molar-refractivity contribution in [2.45, 2.75) is 16.9 Å². The Labute approximate surface area is 184 Å². The van der Waals surface area contributed by atoms with E-state index in [1.54, 1.807) is 0 Å². The highest BCUT2D eigenvalue weighted by Gasteiger charge is 2.32. The molecule has 0 saturated heterocycles. The molecule has 0 bridgehead atoms. The molecule has 2 heterocycles. The fraction of sp³-hybridized carbons (Fsp3) is 0.190. The van der Waals surface area contributed by atoms with Gasteiger partial charge in [0.05, 0.1) is 16.9 Å². The zero-order valence-corrected chi connectivity index (χ0v) is 17.8. The minimum absolute atomic E-state index is 0.126. The first-order valence-corrected chi connectivity index (χ1v) is 11.2. The average Bonchev–Trinajstić information content (AvgIpc) is 3.12. The van der Waals surface area contributed by atoms with Gasteiger partial charge in [-0.1, -0.05) is 36.0 Å². The van der Waals surface area contributed by atoms with Crippen LogP contribution in [0, 0.1) is 0 Å². The number of anilines is 2. The molecule has 3 aromatic rings. The van der Waals surface area contributed by atoms with Gasteiger partial charge in [0.15, 0.2) is 10.2 Å². The van der Waals surface area contributed by atoms with Gasteiger partial charge in [-0.05, 0) is 41.6 Å². The standard InChI is InChI=1S/C21H16F3N3O2S2/c1-30-20-26-19-18(31-20)15-5-3-2-4-12(15)10-17(29)27(19)11-16(28)25-14-8-6-13(7-9-14)21(22,23)24/h2-9H,10-11H2,1H3,(H,25,28). The number of benzene rings is 2. The highest BCUT2D eigenvalue weighted by atomic mass is 32.2. The van der Waals surface area contributed by atoms with Crippen molar-refractivity contribution >= 4 is 46.4 Å². The first-order valence-electron chi connectivity index (χ1n) is 9.17. The molecule has 160 valence electrons. The van der Waals surface area contributed by atoms with E-state index < -0.39 is 17.6 Å². The predicted octanol–water partition coefficient (Wildman–Crippen LogP) is 5.08. The molecule has 0 unspecified atom stereocenters. The first-order chi connectivity index (χ1) is 14.8. The van der Waals surface area contributed by atoms with E-state index in [-0.39, 0.29) is 24.6 Å². The molecule has 1 N–H and O–H groups in total. The highest BCUT2D eigenvalue weighted by Crippen LogP contribution is 2.43. The Kier molecular flexibility index (Phi) is 5.76. The topological polar surface area (TPSA) is 62.3 Å². The maximum atomic E-state index is 13.0. The molecule has 2 aromatic carbocycles. The van der Waals surface area contributed by atoms with Gasteiger partial charge < -0.3 is 5.32 Å². The number of carbonyl (C=O) groups is 2. The maximum absolute atomic E-state index is 13.0. The lowest BCUT2D eigenvalue weighted by Gasteiger charge is -2.19. The van der Waals surface area contributed by atoms with Gasteiger partial charge in [0.1, 0.15) is 6.54 Å².